The van der Waals surface area contributed by atoms with Gasteiger partial charge in [0.15, 0.2) is 0 Å². The van der Waals surface area contributed by atoms with E-state index in [2.05, 4.69) is 0 Å². The summed E-state index contributed by atoms with van der Waals surface area (Å²) in [6.07, 6.45) is 0. The lowest BCUT2D eigenvalue weighted by Gasteiger charge is -2.10. The molecule has 110 valence electrons. The fraction of sp³-hybridized carbons (Fsp3) is 0.133. The fourth-order valence-electron chi connectivity index (χ4n) is 1.80. The zero-order valence-corrected chi connectivity index (χ0v) is 12.3. The first-order valence-corrected chi connectivity index (χ1v) is 7.55. The molecule has 1 N–H and O–H groups in total. The Labute approximate surface area is 122 Å². The van der Waals surface area contributed by atoms with E-state index in [4.69, 9.17) is 9.29 Å². The molecule has 6 heteroatoms. The van der Waals surface area contributed by atoms with Crippen molar-refractivity contribution in [3.8, 4) is 5.75 Å². The summed E-state index contributed by atoms with van der Waals surface area (Å²) in [6, 6.07) is 10.3. The highest BCUT2D eigenvalue weighted by molar-refractivity contribution is 7.87. The smallest absolute Gasteiger partial charge is 0.339 e. The maximum absolute atomic E-state index is 12.3. The van der Waals surface area contributed by atoms with Gasteiger partial charge in [-0.3, -0.25) is 0 Å². The van der Waals surface area contributed by atoms with Gasteiger partial charge in [-0.15, -0.1) is 0 Å². The van der Waals surface area contributed by atoms with Gasteiger partial charge in [-0.2, -0.15) is 8.42 Å². The first-order chi connectivity index (χ1) is 9.79. The third-order valence-electron chi connectivity index (χ3n) is 2.92. The average Bonchev–Trinajstić information content (AvgIpc) is 2.41. The van der Waals surface area contributed by atoms with Gasteiger partial charge in [-0.05, 0) is 55.3 Å². The van der Waals surface area contributed by atoms with Crippen molar-refractivity contribution in [3.05, 3.63) is 59.2 Å². The van der Waals surface area contributed by atoms with Gasteiger partial charge in [0.05, 0.1) is 5.56 Å². The van der Waals surface area contributed by atoms with E-state index >= 15 is 0 Å². The zero-order chi connectivity index (χ0) is 15.6. The Hall–Kier alpha value is -2.34. The lowest BCUT2D eigenvalue weighted by molar-refractivity contribution is 0.0697. The van der Waals surface area contributed by atoms with Crippen LogP contribution in [0.4, 0.5) is 0 Å². The van der Waals surface area contributed by atoms with Crippen LogP contribution in [0.15, 0.2) is 47.4 Å². The van der Waals surface area contributed by atoms with Crippen molar-refractivity contribution in [2.24, 2.45) is 0 Å². The summed E-state index contributed by atoms with van der Waals surface area (Å²) in [5, 5.41) is 8.79. The van der Waals surface area contributed by atoms with Gasteiger partial charge in [-0.25, -0.2) is 4.79 Å². The molecule has 0 aliphatic carbocycles. The first-order valence-electron chi connectivity index (χ1n) is 6.15. The largest absolute Gasteiger partial charge is 0.478 e. The van der Waals surface area contributed by atoms with Crippen molar-refractivity contribution in [2.45, 2.75) is 18.7 Å². The van der Waals surface area contributed by atoms with Crippen LogP contribution >= 0.6 is 0 Å². The minimum Gasteiger partial charge on any atom is -0.478 e. The van der Waals surface area contributed by atoms with Crippen LogP contribution in [0, 0.1) is 13.8 Å². The van der Waals surface area contributed by atoms with Crippen LogP contribution in [-0.2, 0) is 10.1 Å². The van der Waals surface area contributed by atoms with Crippen LogP contribution in [0.2, 0.25) is 0 Å². The number of aryl methyl sites for hydroxylation is 2. The number of rotatable bonds is 4. The number of hydrogen-bond acceptors (Lipinski definition) is 4. The molecule has 0 spiro atoms. The molecular weight excluding hydrogens is 292 g/mol. The lowest BCUT2D eigenvalue weighted by atomic mass is 10.2. The Morgan fingerprint density at radius 1 is 1.05 bits per heavy atom. The molecule has 2 rings (SSSR count). The van der Waals surface area contributed by atoms with E-state index in [0.717, 1.165) is 5.56 Å². The minimum absolute atomic E-state index is 0.0616. The maximum Gasteiger partial charge on any atom is 0.339 e. The predicted octanol–water partition coefficient (Wildman–Crippen LogP) is 2.77. The minimum atomic E-state index is -3.95. The van der Waals surface area contributed by atoms with Crippen LogP contribution in [0.3, 0.4) is 0 Å². The van der Waals surface area contributed by atoms with Gasteiger partial charge in [0.1, 0.15) is 10.6 Å². The molecule has 0 atom stereocenters. The van der Waals surface area contributed by atoms with Crippen molar-refractivity contribution in [2.75, 3.05) is 0 Å². The lowest BCUT2D eigenvalue weighted by Crippen LogP contribution is -2.11. The van der Waals surface area contributed by atoms with Crippen LogP contribution in [0.25, 0.3) is 0 Å². The second-order valence-corrected chi connectivity index (χ2v) is 6.15. The molecule has 2 aromatic carbocycles. The van der Waals surface area contributed by atoms with Gasteiger partial charge >= 0.3 is 16.1 Å². The third-order valence-corrected chi connectivity index (χ3v) is 4.31. The number of aromatic carboxylic acids is 1. The standard InChI is InChI=1S/C15H14O5S/c1-10-3-4-11(2)14(9-10)21(18,19)20-13-7-5-12(6-8-13)15(16)17/h3-9H,1-2H3,(H,16,17). The summed E-state index contributed by atoms with van der Waals surface area (Å²) in [6.45, 7) is 3.48. The van der Waals surface area contributed by atoms with E-state index in [9.17, 15) is 13.2 Å². The van der Waals surface area contributed by atoms with Crippen LogP contribution in [0.5, 0.6) is 5.75 Å². The van der Waals surface area contributed by atoms with Gasteiger partial charge in [-0.1, -0.05) is 12.1 Å². The van der Waals surface area contributed by atoms with Crippen molar-refractivity contribution in [3.63, 3.8) is 0 Å². The summed E-state index contributed by atoms with van der Waals surface area (Å²) in [5.41, 5.74) is 1.46. The molecule has 0 aromatic heterocycles. The van der Waals surface area contributed by atoms with Gasteiger partial charge in [0.25, 0.3) is 0 Å². The number of carboxylic acid groups (broad SMARTS) is 1. The first kappa shape index (κ1) is 15.1. The van der Waals surface area contributed by atoms with Crippen molar-refractivity contribution >= 4 is 16.1 Å². The third kappa shape index (κ3) is 3.41. The molecule has 21 heavy (non-hydrogen) atoms. The molecule has 0 saturated carbocycles. The molecule has 0 heterocycles. The van der Waals surface area contributed by atoms with Crippen molar-refractivity contribution < 1.29 is 22.5 Å². The van der Waals surface area contributed by atoms with Gasteiger partial charge in [0.2, 0.25) is 0 Å². The Kier molecular flexibility index (Phi) is 3.99. The van der Waals surface area contributed by atoms with Gasteiger partial charge in [0, 0.05) is 0 Å². The number of hydrogen-bond donors (Lipinski definition) is 1. The molecular formula is C15H14O5S. The summed E-state index contributed by atoms with van der Waals surface area (Å²) in [5.74, 6) is -1.01. The van der Waals surface area contributed by atoms with E-state index in [1.165, 1.54) is 30.3 Å². The highest BCUT2D eigenvalue weighted by Gasteiger charge is 2.19. The second kappa shape index (κ2) is 5.57. The summed E-state index contributed by atoms with van der Waals surface area (Å²) in [4.78, 5) is 10.8. The number of benzene rings is 2. The molecule has 0 unspecified atom stereocenters. The predicted molar refractivity (Wildman–Crippen MR) is 77.1 cm³/mol. The Balaban J connectivity index is 2.33. The number of carboxylic acids is 1. The topological polar surface area (TPSA) is 80.7 Å². The molecule has 0 fully saturated rings. The van der Waals surface area contributed by atoms with Crippen molar-refractivity contribution in [1.82, 2.24) is 0 Å². The molecule has 5 nitrogen and oxygen atoms in total. The fourth-order valence-corrected chi connectivity index (χ4v) is 3.05. The average molecular weight is 306 g/mol. The highest BCUT2D eigenvalue weighted by Crippen LogP contribution is 2.22. The molecule has 0 aliphatic heterocycles. The number of carbonyl (C=O) groups is 1. The Bertz CT molecular complexity index is 776. The summed E-state index contributed by atoms with van der Waals surface area (Å²) >= 11 is 0. The highest BCUT2D eigenvalue weighted by atomic mass is 32.2. The van der Waals surface area contributed by atoms with E-state index in [0.29, 0.717) is 5.56 Å². The second-order valence-electron chi connectivity index (χ2n) is 4.64. The Morgan fingerprint density at radius 2 is 1.67 bits per heavy atom. The summed E-state index contributed by atoms with van der Waals surface area (Å²) < 4.78 is 29.5. The molecule has 2 aromatic rings. The van der Waals surface area contributed by atoms with E-state index in [1.807, 2.05) is 6.07 Å². The molecule has 0 aliphatic rings. The zero-order valence-electron chi connectivity index (χ0n) is 11.5. The normalized spacial score (nSPS) is 11.1. The van der Waals surface area contributed by atoms with Crippen LogP contribution < -0.4 is 4.18 Å². The quantitative estimate of drug-likeness (QED) is 0.878. The van der Waals surface area contributed by atoms with E-state index in [1.54, 1.807) is 19.9 Å². The van der Waals surface area contributed by atoms with Crippen LogP contribution in [-0.4, -0.2) is 19.5 Å². The van der Waals surface area contributed by atoms with Crippen molar-refractivity contribution in [1.29, 1.82) is 0 Å². The summed E-state index contributed by atoms with van der Waals surface area (Å²) in [7, 11) is -3.95. The SMILES string of the molecule is Cc1ccc(C)c(S(=O)(=O)Oc2ccc(C(=O)O)cc2)c1. The monoisotopic (exact) mass is 306 g/mol. The van der Waals surface area contributed by atoms with Crippen LogP contribution in [0.1, 0.15) is 21.5 Å². The molecule has 0 radical (unpaired) electrons. The van der Waals surface area contributed by atoms with E-state index < -0.39 is 16.1 Å². The Morgan fingerprint density at radius 3 is 2.24 bits per heavy atom. The molecule has 0 amide bonds. The van der Waals surface area contributed by atoms with Gasteiger partial charge < -0.3 is 9.29 Å². The maximum atomic E-state index is 12.3. The van der Waals surface area contributed by atoms with E-state index in [-0.39, 0.29) is 16.2 Å². The molecule has 0 bridgehead atoms. The molecule has 0 saturated heterocycles.